The predicted octanol–water partition coefficient (Wildman–Crippen LogP) is 2.04. The first-order chi connectivity index (χ1) is 12.7. The summed E-state index contributed by atoms with van der Waals surface area (Å²) in [6.45, 7) is 9.98. The number of guanidine groups is 1. The lowest BCUT2D eigenvalue weighted by molar-refractivity contribution is 0.147. The Hall–Kier alpha value is -1.03. The van der Waals surface area contributed by atoms with Crippen molar-refractivity contribution in [1.82, 2.24) is 20.4 Å². The van der Waals surface area contributed by atoms with E-state index in [1.54, 1.807) is 0 Å². The summed E-state index contributed by atoms with van der Waals surface area (Å²) in [6, 6.07) is 0.676. The van der Waals surface area contributed by atoms with Gasteiger partial charge in [-0.3, -0.25) is 9.89 Å². The molecule has 2 fully saturated rings. The molecule has 1 saturated carbocycles. The summed E-state index contributed by atoms with van der Waals surface area (Å²) in [4.78, 5) is 21.5. The molecule has 27 heavy (non-hydrogen) atoms. The smallest absolute Gasteiger partial charge is 0.407 e. The van der Waals surface area contributed by atoms with Crippen LogP contribution in [0.1, 0.15) is 33.1 Å². The molecule has 154 valence electrons. The molecular formula is C19H34IN5O2. The van der Waals surface area contributed by atoms with Crippen LogP contribution in [0.15, 0.2) is 17.1 Å². The molecule has 2 aliphatic heterocycles. The molecule has 1 saturated heterocycles. The highest BCUT2D eigenvalue weighted by atomic mass is 127. The van der Waals surface area contributed by atoms with Crippen molar-refractivity contribution in [3.8, 4) is 0 Å². The van der Waals surface area contributed by atoms with Crippen molar-refractivity contribution in [1.29, 1.82) is 0 Å². The molecule has 2 N–H and O–H groups in total. The lowest BCUT2D eigenvalue weighted by atomic mass is 10.2. The fraction of sp³-hybridized carbons (Fsp3) is 0.789. The standard InChI is InChI=1S/C19H33N5O2.HI/c1-3-20-18(24-12-9-16(14-24)23-10-5-6-11-23)21-13-17(15-7-8-15)22-19(25)26-4-2;/h5-6,15-17H,3-4,7-14H2,1-2H3,(H,20,21)(H,22,25);1H. The third kappa shape index (κ3) is 6.51. The summed E-state index contributed by atoms with van der Waals surface area (Å²) in [5.74, 6) is 1.51. The molecule has 2 unspecified atom stereocenters. The number of aliphatic imine (C=N–C) groups is 1. The van der Waals surface area contributed by atoms with E-state index in [1.807, 2.05) is 6.92 Å². The molecule has 7 nitrogen and oxygen atoms in total. The van der Waals surface area contributed by atoms with E-state index in [-0.39, 0.29) is 36.1 Å². The number of alkyl carbamates (subject to hydrolysis) is 1. The van der Waals surface area contributed by atoms with Gasteiger partial charge in [-0.15, -0.1) is 24.0 Å². The van der Waals surface area contributed by atoms with E-state index in [1.165, 1.54) is 6.42 Å². The zero-order valence-electron chi connectivity index (χ0n) is 16.5. The van der Waals surface area contributed by atoms with Gasteiger partial charge in [0, 0.05) is 38.8 Å². The number of rotatable bonds is 7. The van der Waals surface area contributed by atoms with Crippen molar-refractivity contribution in [2.45, 2.75) is 45.2 Å². The monoisotopic (exact) mass is 491 g/mol. The van der Waals surface area contributed by atoms with E-state index in [9.17, 15) is 4.79 Å². The van der Waals surface area contributed by atoms with Crippen LogP contribution in [0.25, 0.3) is 0 Å². The molecule has 0 aromatic carbocycles. The molecule has 2 atom stereocenters. The number of nitrogens with zero attached hydrogens (tertiary/aromatic N) is 3. The quantitative estimate of drug-likeness (QED) is 0.247. The Morgan fingerprint density at radius 3 is 2.63 bits per heavy atom. The van der Waals surface area contributed by atoms with Crippen LogP contribution in [0.3, 0.4) is 0 Å². The van der Waals surface area contributed by atoms with Gasteiger partial charge in [0.25, 0.3) is 0 Å². The van der Waals surface area contributed by atoms with Gasteiger partial charge in [0.2, 0.25) is 0 Å². The molecule has 3 rings (SSSR count). The second kappa shape index (κ2) is 11.1. The van der Waals surface area contributed by atoms with E-state index < -0.39 is 0 Å². The third-order valence-electron chi connectivity index (χ3n) is 5.37. The Kier molecular flexibility index (Phi) is 9.14. The minimum atomic E-state index is -0.327. The fourth-order valence-electron chi connectivity index (χ4n) is 3.77. The number of carbonyl (C=O) groups excluding carboxylic acids is 1. The molecular weight excluding hydrogens is 457 g/mol. The van der Waals surface area contributed by atoms with Crippen molar-refractivity contribution < 1.29 is 9.53 Å². The van der Waals surface area contributed by atoms with Gasteiger partial charge in [-0.1, -0.05) is 12.2 Å². The van der Waals surface area contributed by atoms with Crippen LogP contribution in [0.2, 0.25) is 0 Å². The van der Waals surface area contributed by atoms with E-state index >= 15 is 0 Å². The maximum atomic E-state index is 11.8. The fourth-order valence-corrected chi connectivity index (χ4v) is 3.77. The van der Waals surface area contributed by atoms with Crippen molar-refractivity contribution >= 4 is 36.0 Å². The lowest BCUT2D eigenvalue weighted by Gasteiger charge is -2.26. The number of amides is 1. The van der Waals surface area contributed by atoms with Crippen LogP contribution in [-0.4, -0.2) is 79.8 Å². The van der Waals surface area contributed by atoms with Crippen LogP contribution in [0.4, 0.5) is 4.79 Å². The SMILES string of the molecule is CCNC(=NCC(NC(=O)OCC)C1CC1)N1CCC(N2CC=CC2)C1.I. The normalized spacial score (nSPS) is 23.9. The van der Waals surface area contributed by atoms with Gasteiger partial charge in [0.1, 0.15) is 0 Å². The number of halogens is 1. The Morgan fingerprint density at radius 2 is 2.00 bits per heavy atom. The number of carbonyl (C=O) groups is 1. The number of likely N-dealkylation sites (tertiary alicyclic amines) is 1. The minimum Gasteiger partial charge on any atom is -0.450 e. The zero-order valence-corrected chi connectivity index (χ0v) is 18.9. The van der Waals surface area contributed by atoms with Crippen LogP contribution < -0.4 is 10.6 Å². The summed E-state index contributed by atoms with van der Waals surface area (Å²) in [5, 5.41) is 6.42. The predicted molar refractivity (Wildman–Crippen MR) is 119 cm³/mol. The van der Waals surface area contributed by atoms with Crippen LogP contribution in [0, 0.1) is 5.92 Å². The number of nitrogens with one attached hydrogen (secondary N) is 2. The first-order valence-corrected chi connectivity index (χ1v) is 10.1. The van der Waals surface area contributed by atoms with Crippen molar-refractivity contribution in [2.75, 3.05) is 45.9 Å². The summed E-state index contributed by atoms with van der Waals surface area (Å²) in [5.41, 5.74) is 0. The van der Waals surface area contributed by atoms with Crippen LogP contribution in [0.5, 0.6) is 0 Å². The summed E-state index contributed by atoms with van der Waals surface area (Å²) in [7, 11) is 0. The van der Waals surface area contributed by atoms with Gasteiger partial charge in [-0.05, 0) is 39.0 Å². The first-order valence-electron chi connectivity index (χ1n) is 10.1. The maximum Gasteiger partial charge on any atom is 0.407 e. The van der Waals surface area contributed by atoms with Gasteiger partial charge in [-0.2, -0.15) is 0 Å². The van der Waals surface area contributed by atoms with Crippen LogP contribution in [-0.2, 0) is 4.74 Å². The van der Waals surface area contributed by atoms with Gasteiger partial charge < -0.3 is 20.3 Å². The van der Waals surface area contributed by atoms with Crippen molar-refractivity contribution in [3.63, 3.8) is 0 Å². The topological polar surface area (TPSA) is 69.2 Å². The largest absolute Gasteiger partial charge is 0.450 e. The second-order valence-electron chi connectivity index (χ2n) is 7.32. The molecule has 2 heterocycles. The number of ether oxygens (including phenoxy) is 1. The molecule has 8 heteroatoms. The Labute approximate surface area is 180 Å². The average molecular weight is 491 g/mol. The molecule has 0 spiro atoms. The average Bonchev–Trinajstić information content (AvgIpc) is 3.11. The second-order valence-corrected chi connectivity index (χ2v) is 7.32. The summed E-state index contributed by atoms with van der Waals surface area (Å²) < 4.78 is 5.04. The van der Waals surface area contributed by atoms with E-state index in [2.05, 4.69) is 39.5 Å². The van der Waals surface area contributed by atoms with Crippen molar-refractivity contribution in [3.05, 3.63) is 12.2 Å². The van der Waals surface area contributed by atoms with Crippen molar-refractivity contribution in [2.24, 2.45) is 10.9 Å². The summed E-state index contributed by atoms with van der Waals surface area (Å²) >= 11 is 0. The minimum absolute atomic E-state index is 0. The Morgan fingerprint density at radius 1 is 1.26 bits per heavy atom. The lowest BCUT2D eigenvalue weighted by Crippen LogP contribution is -2.44. The van der Waals surface area contributed by atoms with E-state index in [4.69, 9.17) is 9.73 Å². The highest BCUT2D eigenvalue weighted by Gasteiger charge is 2.33. The number of hydrogen-bond donors (Lipinski definition) is 2. The van der Waals surface area contributed by atoms with Gasteiger partial charge >= 0.3 is 6.09 Å². The van der Waals surface area contributed by atoms with E-state index in [0.29, 0.717) is 25.1 Å². The van der Waals surface area contributed by atoms with E-state index in [0.717, 1.165) is 51.5 Å². The maximum absolute atomic E-state index is 11.8. The molecule has 3 aliphatic rings. The molecule has 1 amide bonds. The molecule has 0 bridgehead atoms. The molecule has 0 aromatic heterocycles. The molecule has 1 aliphatic carbocycles. The van der Waals surface area contributed by atoms with Gasteiger partial charge in [0.05, 0.1) is 19.2 Å². The number of hydrogen-bond acceptors (Lipinski definition) is 4. The summed E-state index contributed by atoms with van der Waals surface area (Å²) in [6.07, 6.45) is 7.69. The highest BCUT2D eigenvalue weighted by Crippen LogP contribution is 2.33. The van der Waals surface area contributed by atoms with Crippen LogP contribution >= 0.6 is 24.0 Å². The third-order valence-corrected chi connectivity index (χ3v) is 5.37. The first kappa shape index (κ1) is 22.3. The van der Waals surface area contributed by atoms with Gasteiger partial charge in [-0.25, -0.2) is 4.79 Å². The molecule has 0 aromatic rings. The highest BCUT2D eigenvalue weighted by molar-refractivity contribution is 14.0. The Bertz CT molecular complexity index is 530. The Balaban J connectivity index is 0.00000261. The molecule has 0 radical (unpaired) electrons. The zero-order chi connectivity index (χ0) is 18.4. The van der Waals surface area contributed by atoms with Gasteiger partial charge in [0.15, 0.2) is 5.96 Å².